The molecular weight excluding hydrogens is 176 g/mol. The van der Waals surface area contributed by atoms with Gasteiger partial charge in [-0.25, -0.2) is 0 Å². The molecule has 1 aliphatic rings. The van der Waals surface area contributed by atoms with Crippen LogP contribution in [0.1, 0.15) is 40.5 Å². The Morgan fingerprint density at radius 1 is 1.29 bits per heavy atom. The first-order chi connectivity index (χ1) is 6.40. The van der Waals surface area contributed by atoms with Crippen LogP contribution < -0.4 is 0 Å². The van der Waals surface area contributed by atoms with E-state index in [0.29, 0.717) is 5.92 Å². The van der Waals surface area contributed by atoms with Gasteiger partial charge in [-0.15, -0.1) is 0 Å². The van der Waals surface area contributed by atoms with Gasteiger partial charge in [-0.1, -0.05) is 19.1 Å². The van der Waals surface area contributed by atoms with E-state index in [1.807, 2.05) is 20.8 Å². The van der Waals surface area contributed by atoms with E-state index in [-0.39, 0.29) is 17.5 Å². The van der Waals surface area contributed by atoms with Gasteiger partial charge in [0, 0.05) is 0 Å². The summed E-state index contributed by atoms with van der Waals surface area (Å²) in [4.78, 5) is 11.8. The van der Waals surface area contributed by atoms with Crippen molar-refractivity contribution in [3.63, 3.8) is 0 Å². The fraction of sp³-hybridized carbons (Fsp3) is 0.750. The molecule has 2 atom stereocenters. The number of hydrogen-bond acceptors (Lipinski definition) is 2. The quantitative estimate of drug-likeness (QED) is 0.476. The van der Waals surface area contributed by atoms with Gasteiger partial charge in [0.25, 0.3) is 0 Å². The van der Waals surface area contributed by atoms with Gasteiger partial charge in [0.05, 0.1) is 5.92 Å². The number of hydrogen-bond donors (Lipinski definition) is 0. The second-order valence-corrected chi connectivity index (χ2v) is 5.06. The summed E-state index contributed by atoms with van der Waals surface area (Å²) in [7, 11) is 0. The molecule has 0 aromatic heterocycles. The van der Waals surface area contributed by atoms with E-state index in [1.165, 1.54) is 0 Å². The van der Waals surface area contributed by atoms with Crippen LogP contribution in [0.15, 0.2) is 12.2 Å². The molecule has 14 heavy (non-hydrogen) atoms. The second-order valence-electron chi connectivity index (χ2n) is 5.06. The minimum Gasteiger partial charge on any atom is -0.460 e. The van der Waals surface area contributed by atoms with Crippen molar-refractivity contribution in [2.45, 2.75) is 46.1 Å². The third kappa shape index (κ3) is 3.17. The molecule has 0 amide bonds. The Hall–Kier alpha value is -0.790. The van der Waals surface area contributed by atoms with Crippen LogP contribution in [-0.4, -0.2) is 11.6 Å². The van der Waals surface area contributed by atoms with Crippen LogP contribution in [0.2, 0.25) is 0 Å². The highest BCUT2D eigenvalue weighted by Gasteiger charge is 2.29. The largest absolute Gasteiger partial charge is 0.460 e. The fourth-order valence-corrected chi connectivity index (χ4v) is 1.66. The third-order valence-corrected chi connectivity index (χ3v) is 2.46. The molecule has 0 aromatic rings. The summed E-state index contributed by atoms with van der Waals surface area (Å²) < 4.78 is 5.37. The van der Waals surface area contributed by atoms with Crippen LogP contribution in [0.3, 0.4) is 0 Å². The van der Waals surface area contributed by atoms with E-state index >= 15 is 0 Å². The van der Waals surface area contributed by atoms with Crippen molar-refractivity contribution < 1.29 is 9.53 Å². The maximum Gasteiger partial charge on any atom is 0.310 e. The lowest BCUT2D eigenvalue weighted by atomic mass is 9.84. The zero-order valence-corrected chi connectivity index (χ0v) is 9.54. The zero-order chi connectivity index (χ0) is 10.8. The molecule has 0 N–H and O–H groups in total. The molecule has 0 fully saturated rings. The molecule has 2 nitrogen and oxygen atoms in total. The Bertz CT molecular complexity index is 235. The third-order valence-electron chi connectivity index (χ3n) is 2.46. The van der Waals surface area contributed by atoms with Crippen molar-refractivity contribution in [3.8, 4) is 0 Å². The van der Waals surface area contributed by atoms with Gasteiger partial charge in [-0.2, -0.15) is 0 Å². The van der Waals surface area contributed by atoms with Crippen LogP contribution in [0.4, 0.5) is 0 Å². The Morgan fingerprint density at radius 3 is 2.36 bits per heavy atom. The van der Waals surface area contributed by atoms with Gasteiger partial charge in [-0.05, 0) is 39.5 Å². The molecule has 0 aliphatic heterocycles. The normalized spacial score (nSPS) is 27.4. The summed E-state index contributed by atoms with van der Waals surface area (Å²) in [5.41, 5.74) is -0.363. The monoisotopic (exact) mass is 196 g/mol. The van der Waals surface area contributed by atoms with E-state index in [9.17, 15) is 4.79 Å². The van der Waals surface area contributed by atoms with Crippen molar-refractivity contribution >= 4 is 5.97 Å². The SMILES string of the molecule is C[C@@H]1CC=CC[C@H]1C(=O)OC(C)(C)C. The lowest BCUT2D eigenvalue weighted by Crippen LogP contribution is -2.32. The predicted octanol–water partition coefficient (Wildman–Crippen LogP) is 2.93. The van der Waals surface area contributed by atoms with E-state index in [1.54, 1.807) is 0 Å². The minimum absolute atomic E-state index is 0.0469. The Balaban J connectivity index is 2.56. The zero-order valence-electron chi connectivity index (χ0n) is 9.54. The van der Waals surface area contributed by atoms with Gasteiger partial charge < -0.3 is 4.74 Å². The number of carbonyl (C=O) groups is 1. The topological polar surface area (TPSA) is 26.3 Å². The smallest absolute Gasteiger partial charge is 0.310 e. The second kappa shape index (κ2) is 4.16. The highest BCUT2D eigenvalue weighted by atomic mass is 16.6. The van der Waals surface area contributed by atoms with E-state index < -0.39 is 0 Å². The van der Waals surface area contributed by atoms with Crippen LogP contribution >= 0.6 is 0 Å². The summed E-state index contributed by atoms with van der Waals surface area (Å²) in [6.07, 6.45) is 6.04. The molecule has 0 radical (unpaired) electrons. The molecule has 0 bridgehead atoms. The maximum atomic E-state index is 11.8. The number of allylic oxidation sites excluding steroid dienone is 2. The van der Waals surface area contributed by atoms with Crippen molar-refractivity contribution in [1.82, 2.24) is 0 Å². The first-order valence-corrected chi connectivity index (χ1v) is 5.28. The van der Waals surface area contributed by atoms with Crippen molar-refractivity contribution in [1.29, 1.82) is 0 Å². The first kappa shape index (κ1) is 11.3. The molecule has 0 heterocycles. The summed E-state index contributed by atoms with van der Waals surface area (Å²) in [5.74, 6) is 0.420. The number of rotatable bonds is 1. The van der Waals surface area contributed by atoms with Gasteiger partial charge >= 0.3 is 5.97 Å². The van der Waals surface area contributed by atoms with E-state index in [0.717, 1.165) is 12.8 Å². The van der Waals surface area contributed by atoms with Crippen LogP contribution in [0, 0.1) is 11.8 Å². The molecule has 2 heteroatoms. The molecular formula is C12H20O2. The number of ether oxygens (including phenoxy) is 1. The maximum absolute atomic E-state index is 11.8. The van der Waals surface area contributed by atoms with Gasteiger partial charge in [0.1, 0.15) is 5.60 Å². The summed E-state index contributed by atoms with van der Waals surface area (Å²) >= 11 is 0. The highest BCUT2D eigenvalue weighted by Crippen LogP contribution is 2.27. The number of esters is 1. The summed E-state index contributed by atoms with van der Waals surface area (Å²) in [6.45, 7) is 7.84. The lowest BCUT2D eigenvalue weighted by molar-refractivity contribution is -0.161. The van der Waals surface area contributed by atoms with Crippen LogP contribution in [0.5, 0.6) is 0 Å². The summed E-state index contributed by atoms with van der Waals surface area (Å²) in [6, 6.07) is 0. The molecule has 1 aliphatic carbocycles. The molecule has 1 rings (SSSR count). The van der Waals surface area contributed by atoms with E-state index in [4.69, 9.17) is 4.74 Å². The van der Waals surface area contributed by atoms with Gasteiger partial charge in [-0.3, -0.25) is 4.79 Å². The van der Waals surface area contributed by atoms with Crippen molar-refractivity contribution in [2.75, 3.05) is 0 Å². The summed E-state index contributed by atoms with van der Waals surface area (Å²) in [5, 5.41) is 0. The minimum atomic E-state index is -0.363. The van der Waals surface area contributed by atoms with E-state index in [2.05, 4.69) is 19.1 Å². The standard InChI is InChI=1S/C12H20O2/c1-9-7-5-6-8-10(9)11(13)14-12(2,3)4/h5-6,9-10H,7-8H2,1-4H3/t9-,10-/m1/s1. The van der Waals surface area contributed by atoms with Gasteiger partial charge in [0.2, 0.25) is 0 Å². The molecule has 0 unspecified atom stereocenters. The number of carbonyl (C=O) groups excluding carboxylic acids is 1. The highest BCUT2D eigenvalue weighted by molar-refractivity contribution is 5.73. The van der Waals surface area contributed by atoms with Crippen molar-refractivity contribution in [3.05, 3.63) is 12.2 Å². The molecule has 0 saturated heterocycles. The van der Waals surface area contributed by atoms with Crippen molar-refractivity contribution in [2.24, 2.45) is 11.8 Å². The first-order valence-electron chi connectivity index (χ1n) is 5.28. The average molecular weight is 196 g/mol. The molecule has 0 spiro atoms. The predicted molar refractivity (Wildman–Crippen MR) is 56.9 cm³/mol. The molecule has 0 aromatic carbocycles. The van der Waals surface area contributed by atoms with Gasteiger partial charge in [0.15, 0.2) is 0 Å². The fourth-order valence-electron chi connectivity index (χ4n) is 1.66. The molecule has 0 saturated carbocycles. The Morgan fingerprint density at radius 2 is 1.86 bits per heavy atom. The lowest BCUT2D eigenvalue weighted by Gasteiger charge is -2.28. The average Bonchev–Trinajstić information content (AvgIpc) is 2.01. The Kier molecular flexibility index (Phi) is 3.35. The van der Waals surface area contributed by atoms with Crippen LogP contribution in [-0.2, 0) is 9.53 Å². The molecule has 80 valence electrons. The van der Waals surface area contributed by atoms with Crippen LogP contribution in [0.25, 0.3) is 0 Å². The Labute approximate surface area is 86.3 Å².